The smallest absolute Gasteiger partial charge is 0.259 e. The standard InChI is InChI=1S/C21H16Cl2N4O2.C16H12FN3S/c1-27-19-13(9-15(20(27)29)18-16(22)6-3-7-17(18)23)10-24-21(26-19)25-14-5-2-4-12(8-14)11-28;17-13-3-1-11(2-4-13)14-15(12-5-7-18-8-6-12)20-9-10-21-16(20)19-14/h2-10,28H,11H2,1H3,(H,24,25,26);1-8H,9-10H2. The highest BCUT2D eigenvalue weighted by Crippen LogP contribution is 2.39. The summed E-state index contributed by atoms with van der Waals surface area (Å²) in [6, 6.07) is 24.6. The van der Waals surface area contributed by atoms with E-state index in [9.17, 15) is 14.3 Å². The molecule has 50 heavy (non-hydrogen) atoms. The molecule has 0 bridgehead atoms. The summed E-state index contributed by atoms with van der Waals surface area (Å²) < 4.78 is 16.8. The van der Waals surface area contributed by atoms with Crippen LogP contribution in [0.3, 0.4) is 0 Å². The minimum atomic E-state index is -0.264. The van der Waals surface area contributed by atoms with Crippen LogP contribution in [0, 0.1) is 5.82 Å². The Kier molecular flexibility index (Phi) is 9.64. The monoisotopic (exact) mass is 723 g/mol. The molecule has 1 aliphatic heterocycles. The number of hydrogen-bond acceptors (Lipinski definition) is 8. The number of aliphatic hydroxyl groups excluding tert-OH is 1. The third-order valence-corrected chi connectivity index (χ3v) is 9.68. The van der Waals surface area contributed by atoms with E-state index in [2.05, 4.69) is 24.8 Å². The lowest BCUT2D eigenvalue weighted by Gasteiger charge is -2.12. The van der Waals surface area contributed by atoms with Crippen LogP contribution < -0.4 is 10.9 Å². The Labute approximate surface area is 300 Å². The van der Waals surface area contributed by atoms with Crippen molar-refractivity contribution in [3.05, 3.63) is 135 Å². The van der Waals surface area contributed by atoms with Gasteiger partial charge in [0, 0.05) is 65.7 Å². The second kappa shape index (κ2) is 14.4. The van der Waals surface area contributed by atoms with Crippen molar-refractivity contribution in [1.29, 1.82) is 0 Å². The first-order valence-electron chi connectivity index (χ1n) is 15.5. The highest BCUT2D eigenvalue weighted by molar-refractivity contribution is 7.99. The molecular weight excluding hydrogens is 696 g/mol. The van der Waals surface area contributed by atoms with Gasteiger partial charge in [-0.3, -0.25) is 14.3 Å². The number of aromatic nitrogens is 6. The number of imidazole rings is 1. The summed E-state index contributed by atoms with van der Waals surface area (Å²) in [6.45, 7) is 0.891. The van der Waals surface area contributed by atoms with Gasteiger partial charge < -0.3 is 15.0 Å². The molecule has 4 aromatic heterocycles. The topological polar surface area (TPSA) is 111 Å². The van der Waals surface area contributed by atoms with E-state index in [1.807, 2.05) is 30.3 Å². The lowest BCUT2D eigenvalue weighted by atomic mass is 10.1. The van der Waals surface area contributed by atoms with Gasteiger partial charge in [0.1, 0.15) is 11.5 Å². The molecule has 0 radical (unpaired) electrons. The second-order valence-electron chi connectivity index (χ2n) is 11.3. The van der Waals surface area contributed by atoms with E-state index in [0.717, 1.165) is 51.2 Å². The number of anilines is 2. The highest BCUT2D eigenvalue weighted by atomic mass is 35.5. The maximum absolute atomic E-state index is 13.1. The highest BCUT2D eigenvalue weighted by Gasteiger charge is 2.23. The molecule has 0 saturated carbocycles. The van der Waals surface area contributed by atoms with Crippen LogP contribution in [0.5, 0.6) is 0 Å². The SMILES string of the molecule is Cn1c(=O)c(-c2c(Cl)cccc2Cl)cc2cnc(Nc3cccc(CO)c3)nc21.Fc1ccc(-c2nc3n(c2-c2ccncc2)CCS3)cc1. The minimum Gasteiger partial charge on any atom is -0.392 e. The third-order valence-electron chi connectivity index (χ3n) is 8.10. The Morgan fingerprint density at radius 1 is 0.940 bits per heavy atom. The maximum atomic E-state index is 13.1. The Morgan fingerprint density at radius 3 is 2.42 bits per heavy atom. The molecule has 0 unspecified atom stereocenters. The van der Waals surface area contributed by atoms with Gasteiger partial charge in [-0.15, -0.1) is 0 Å². The zero-order valence-electron chi connectivity index (χ0n) is 26.5. The first-order chi connectivity index (χ1) is 24.3. The normalized spacial score (nSPS) is 12.0. The van der Waals surface area contributed by atoms with E-state index >= 15 is 0 Å². The molecule has 9 nitrogen and oxygen atoms in total. The molecule has 1 aliphatic rings. The fourth-order valence-electron chi connectivity index (χ4n) is 5.71. The Hall–Kier alpha value is -5.07. The van der Waals surface area contributed by atoms with Crippen LogP contribution in [-0.4, -0.2) is 39.9 Å². The summed E-state index contributed by atoms with van der Waals surface area (Å²) >= 11 is 14.3. The van der Waals surface area contributed by atoms with Gasteiger partial charge in [0.25, 0.3) is 5.56 Å². The van der Waals surface area contributed by atoms with Gasteiger partial charge in [0.05, 0.1) is 33.6 Å². The van der Waals surface area contributed by atoms with Gasteiger partial charge >= 0.3 is 0 Å². The summed E-state index contributed by atoms with van der Waals surface area (Å²) in [6.07, 6.45) is 5.20. The molecule has 0 amide bonds. The Morgan fingerprint density at radius 2 is 1.68 bits per heavy atom. The van der Waals surface area contributed by atoms with E-state index < -0.39 is 0 Å². The molecule has 250 valence electrons. The van der Waals surface area contributed by atoms with Gasteiger partial charge in [0.15, 0.2) is 5.16 Å². The van der Waals surface area contributed by atoms with Crippen LogP contribution in [-0.2, 0) is 20.2 Å². The number of nitrogens with zero attached hydrogens (tertiary/aromatic N) is 6. The van der Waals surface area contributed by atoms with Crippen molar-refractivity contribution < 1.29 is 9.50 Å². The fraction of sp³-hybridized carbons (Fsp3) is 0.108. The van der Waals surface area contributed by atoms with Crippen molar-refractivity contribution in [1.82, 2.24) is 29.1 Å². The molecule has 13 heteroatoms. The summed E-state index contributed by atoms with van der Waals surface area (Å²) in [4.78, 5) is 30.6. The van der Waals surface area contributed by atoms with E-state index in [0.29, 0.717) is 38.2 Å². The van der Waals surface area contributed by atoms with Crippen molar-refractivity contribution in [3.63, 3.8) is 0 Å². The first kappa shape index (κ1) is 33.4. The van der Waals surface area contributed by atoms with Crippen LogP contribution in [0.25, 0.3) is 44.7 Å². The zero-order chi connectivity index (χ0) is 34.8. The number of nitrogens with one attached hydrogen (secondary N) is 1. The number of aliphatic hydroxyl groups is 1. The van der Waals surface area contributed by atoms with E-state index in [-0.39, 0.29) is 18.0 Å². The molecule has 0 atom stereocenters. The molecule has 2 N–H and O–H groups in total. The molecule has 0 fully saturated rings. The van der Waals surface area contributed by atoms with Gasteiger partial charge in [0.2, 0.25) is 5.95 Å². The van der Waals surface area contributed by atoms with Crippen molar-refractivity contribution in [3.8, 4) is 33.6 Å². The van der Waals surface area contributed by atoms with Crippen LogP contribution >= 0.6 is 35.0 Å². The van der Waals surface area contributed by atoms with Gasteiger partial charge in [-0.05, 0) is 72.3 Å². The number of hydrogen-bond donors (Lipinski definition) is 2. The van der Waals surface area contributed by atoms with Crippen LogP contribution in [0.2, 0.25) is 10.0 Å². The largest absolute Gasteiger partial charge is 0.392 e. The lowest BCUT2D eigenvalue weighted by Crippen LogP contribution is -2.20. The number of thioether (sulfide) groups is 1. The van der Waals surface area contributed by atoms with Gasteiger partial charge in [-0.2, -0.15) is 4.98 Å². The van der Waals surface area contributed by atoms with E-state index in [1.54, 1.807) is 79.9 Å². The fourth-order valence-corrected chi connectivity index (χ4v) is 7.26. The van der Waals surface area contributed by atoms with E-state index in [4.69, 9.17) is 28.2 Å². The van der Waals surface area contributed by atoms with E-state index in [1.165, 1.54) is 16.7 Å². The summed E-state index contributed by atoms with van der Waals surface area (Å²) in [5, 5.41) is 14.9. The quantitative estimate of drug-likeness (QED) is 0.176. The van der Waals surface area contributed by atoms with Crippen LogP contribution in [0.4, 0.5) is 16.0 Å². The number of halogens is 3. The van der Waals surface area contributed by atoms with Crippen molar-refractivity contribution in [2.45, 2.75) is 18.3 Å². The average molecular weight is 725 g/mol. The first-order valence-corrected chi connectivity index (χ1v) is 17.2. The maximum Gasteiger partial charge on any atom is 0.259 e. The number of fused-ring (bicyclic) bond motifs is 2. The van der Waals surface area contributed by atoms with Gasteiger partial charge in [-0.25, -0.2) is 14.4 Å². The van der Waals surface area contributed by atoms with Crippen LogP contribution in [0.1, 0.15) is 5.56 Å². The Bertz CT molecular complexity index is 2380. The van der Waals surface area contributed by atoms with Crippen molar-refractivity contribution in [2.24, 2.45) is 7.05 Å². The molecule has 8 rings (SSSR count). The number of pyridine rings is 2. The summed E-state index contributed by atoms with van der Waals surface area (Å²) in [5.41, 5.74) is 6.60. The second-order valence-corrected chi connectivity index (χ2v) is 13.2. The summed E-state index contributed by atoms with van der Waals surface area (Å²) in [7, 11) is 1.64. The molecule has 0 aliphatic carbocycles. The number of benzene rings is 3. The molecule has 0 spiro atoms. The van der Waals surface area contributed by atoms with Crippen molar-refractivity contribution >= 4 is 57.6 Å². The molecule has 7 aromatic rings. The predicted octanol–water partition coefficient (Wildman–Crippen LogP) is 8.40. The zero-order valence-corrected chi connectivity index (χ0v) is 28.8. The summed E-state index contributed by atoms with van der Waals surface area (Å²) in [5.74, 6) is 1.15. The third kappa shape index (κ3) is 6.73. The minimum absolute atomic E-state index is 0.0595. The molecule has 5 heterocycles. The number of rotatable bonds is 6. The molecular formula is C37H28Cl2FN7O2S. The average Bonchev–Trinajstić information content (AvgIpc) is 3.74. The number of aryl methyl sites for hydroxylation is 1. The molecule has 0 saturated heterocycles. The molecule has 3 aromatic carbocycles. The van der Waals surface area contributed by atoms with Gasteiger partial charge in [-0.1, -0.05) is 53.2 Å². The Balaban J connectivity index is 0.000000165. The lowest BCUT2D eigenvalue weighted by molar-refractivity contribution is 0.282. The van der Waals surface area contributed by atoms with Crippen LogP contribution in [0.15, 0.2) is 113 Å². The predicted molar refractivity (Wildman–Crippen MR) is 197 cm³/mol. The van der Waals surface area contributed by atoms with Crippen molar-refractivity contribution in [2.75, 3.05) is 11.1 Å².